The zero-order valence-electron chi connectivity index (χ0n) is 14.3. The van der Waals surface area contributed by atoms with Crippen LogP contribution in [0.5, 0.6) is 5.75 Å². The van der Waals surface area contributed by atoms with E-state index in [1.807, 2.05) is 36.1 Å². The zero-order valence-corrected chi connectivity index (χ0v) is 16.7. The molecular weight excluding hydrogens is 392 g/mol. The maximum atomic E-state index is 12.4. The van der Waals surface area contributed by atoms with Gasteiger partial charge in [-0.05, 0) is 69.5 Å². The molecule has 1 fully saturated rings. The summed E-state index contributed by atoms with van der Waals surface area (Å²) < 4.78 is 6.75. The smallest absolute Gasteiger partial charge is 0.222 e. The summed E-state index contributed by atoms with van der Waals surface area (Å²) >= 11 is 3.40. The van der Waals surface area contributed by atoms with Gasteiger partial charge in [0.2, 0.25) is 5.91 Å². The van der Waals surface area contributed by atoms with E-state index in [0.29, 0.717) is 25.5 Å². The number of amides is 1. The minimum Gasteiger partial charge on any atom is -0.492 e. The van der Waals surface area contributed by atoms with Crippen LogP contribution in [-0.2, 0) is 4.79 Å². The number of carbonyl (C=O) groups is 1. The van der Waals surface area contributed by atoms with Gasteiger partial charge in [-0.1, -0.05) is 15.9 Å². The predicted molar refractivity (Wildman–Crippen MR) is 104 cm³/mol. The van der Waals surface area contributed by atoms with E-state index >= 15 is 0 Å². The van der Waals surface area contributed by atoms with Crippen LogP contribution in [0.2, 0.25) is 0 Å². The van der Waals surface area contributed by atoms with E-state index in [0.717, 1.165) is 36.3 Å². The van der Waals surface area contributed by atoms with Gasteiger partial charge in [-0.25, -0.2) is 0 Å². The van der Waals surface area contributed by atoms with Crippen LogP contribution in [0.3, 0.4) is 0 Å². The monoisotopic (exact) mass is 418 g/mol. The summed E-state index contributed by atoms with van der Waals surface area (Å²) in [5.74, 6) is 1.80. The third-order valence-corrected chi connectivity index (χ3v) is 4.93. The van der Waals surface area contributed by atoms with Gasteiger partial charge in [-0.3, -0.25) is 4.79 Å². The molecule has 1 aliphatic heterocycles. The number of likely N-dealkylation sites (N-methyl/N-ethyl adjacent to an activating group) is 1. The Morgan fingerprint density at radius 1 is 1.29 bits per heavy atom. The lowest BCUT2D eigenvalue weighted by atomic mass is 9.93. The van der Waals surface area contributed by atoms with Gasteiger partial charge in [0, 0.05) is 17.4 Å². The second-order valence-corrected chi connectivity index (χ2v) is 6.92. The van der Waals surface area contributed by atoms with E-state index in [4.69, 9.17) is 4.74 Å². The first kappa shape index (κ1) is 21.3. The molecule has 24 heavy (non-hydrogen) atoms. The van der Waals surface area contributed by atoms with Gasteiger partial charge in [-0.2, -0.15) is 0 Å². The van der Waals surface area contributed by atoms with Crippen molar-refractivity contribution in [2.24, 2.45) is 5.92 Å². The third kappa shape index (κ3) is 7.41. The molecule has 1 heterocycles. The summed E-state index contributed by atoms with van der Waals surface area (Å²) in [7, 11) is 0. The first-order valence-electron chi connectivity index (χ1n) is 8.56. The van der Waals surface area contributed by atoms with Crippen LogP contribution in [0.4, 0.5) is 0 Å². The molecule has 1 amide bonds. The number of hydrogen-bond acceptors (Lipinski definition) is 3. The molecule has 0 unspecified atom stereocenters. The molecule has 2 rings (SSSR count). The molecule has 0 spiro atoms. The second-order valence-electron chi connectivity index (χ2n) is 6.01. The Morgan fingerprint density at radius 3 is 2.58 bits per heavy atom. The highest BCUT2D eigenvalue weighted by atomic mass is 79.9. The summed E-state index contributed by atoms with van der Waals surface area (Å²) in [5, 5.41) is 3.37. The van der Waals surface area contributed by atoms with Crippen molar-refractivity contribution in [3.05, 3.63) is 28.7 Å². The molecule has 6 heteroatoms. The highest BCUT2D eigenvalue weighted by Crippen LogP contribution is 2.19. The lowest BCUT2D eigenvalue weighted by molar-refractivity contribution is -0.131. The van der Waals surface area contributed by atoms with Crippen LogP contribution in [0.25, 0.3) is 0 Å². The van der Waals surface area contributed by atoms with Gasteiger partial charge in [0.25, 0.3) is 0 Å². The number of rotatable bonds is 8. The summed E-state index contributed by atoms with van der Waals surface area (Å²) in [6.45, 7) is 6.15. The minimum absolute atomic E-state index is 0. The minimum atomic E-state index is 0. The lowest BCUT2D eigenvalue weighted by Gasteiger charge is -2.25. The fraction of sp³-hybridized carbons (Fsp3) is 0.611. The van der Waals surface area contributed by atoms with Crippen molar-refractivity contribution in [1.29, 1.82) is 0 Å². The molecule has 136 valence electrons. The van der Waals surface area contributed by atoms with Gasteiger partial charge < -0.3 is 15.0 Å². The second kappa shape index (κ2) is 11.7. The van der Waals surface area contributed by atoms with Crippen molar-refractivity contribution in [2.45, 2.75) is 32.6 Å². The third-order valence-electron chi connectivity index (χ3n) is 4.40. The van der Waals surface area contributed by atoms with Crippen molar-refractivity contribution in [1.82, 2.24) is 10.2 Å². The fourth-order valence-corrected chi connectivity index (χ4v) is 3.18. The summed E-state index contributed by atoms with van der Waals surface area (Å²) in [6.07, 6.45) is 4.08. The Kier molecular flexibility index (Phi) is 10.4. The van der Waals surface area contributed by atoms with Gasteiger partial charge in [0.05, 0.1) is 6.54 Å². The maximum absolute atomic E-state index is 12.4. The van der Waals surface area contributed by atoms with Gasteiger partial charge in [0.1, 0.15) is 12.4 Å². The van der Waals surface area contributed by atoms with E-state index in [1.54, 1.807) is 0 Å². The quantitative estimate of drug-likeness (QED) is 0.695. The normalized spacial score (nSPS) is 14.8. The molecule has 1 aromatic rings. The van der Waals surface area contributed by atoms with Crippen molar-refractivity contribution >= 4 is 34.2 Å². The van der Waals surface area contributed by atoms with E-state index in [-0.39, 0.29) is 18.3 Å². The first-order chi connectivity index (χ1) is 11.2. The summed E-state index contributed by atoms with van der Waals surface area (Å²) in [5.41, 5.74) is 0. The average Bonchev–Trinajstić information content (AvgIpc) is 2.59. The molecule has 1 N–H and O–H groups in total. The predicted octanol–water partition coefficient (Wildman–Crippen LogP) is 3.88. The molecule has 0 saturated carbocycles. The van der Waals surface area contributed by atoms with Crippen LogP contribution >= 0.6 is 28.3 Å². The molecule has 0 bridgehead atoms. The SMILES string of the molecule is CCN(CCOc1ccc(Br)cc1)C(=O)CCC1CCNCC1.Cl. The van der Waals surface area contributed by atoms with E-state index in [2.05, 4.69) is 21.2 Å². The highest BCUT2D eigenvalue weighted by molar-refractivity contribution is 9.10. The fourth-order valence-electron chi connectivity index (χ4n) is 2.92. The van der Waals surface area contributed by atoms with Gasteiger partial charge in [0.15, 0.2) is 0 Å². The Bertz CT molecular complexity index is 478. The van der Waals surface area contributed by atoms with Crippen molar-refractivity contribution in [3.63, 3.8) is 0 Å². The first-order valence-corrected chi connectivity index (χ1v) is 9.35. The lowest BCUT2D eigenvalue weighted by Crippen LogP contribution is -2.35. The van der Waals surface area contributed by atoms with E-state index < -0.39 is 0 Å². The largest absolute Gasteiger partial charge is 0.492 e. The van der Waals surface area contributed by atoms with Crippen LogP contribution in [0.15, 0.2) is 28.7 Å². The van der Waals surface area contributed by atoms with Crippen molar-refractivity contribution < 1.29 is 9.53 Å². The van der Waals surface area contributed by atoms with Crippen LogP contribution in [0.1, 0.15) is 32.6 Å². The Balaban J connectivity index is 0.00000288. The van der Waals surface area contributed by atoms with Crippen molar-refractivity contribution in [2.75, 3.05) is 32.8 Å². The molecule has 0 radical (unpaired) electrons. The number of carbonyl (C=O) groups excluding carboxylic acids is 1. The Morgan fingerprint density at radius 2 is 1.96 bits per heavy atom. The molecule has 0 atom stereocenters. The Labute approximate surface area is 159 Å². The number of hydrogen-bond donors (Lipinski definition) is 1. The molecule has 4 nitrogen and oxygen atoms in total. The number of benzene rings is 1. The molecular formula is C18H28BrClN2O2. The van der Waals surface area contributed by atoms with Crippen molar-refractivity contribution in [3.8, 4) is 5.75 Å². The van der Waals surface area contributed by atoms with Crippen LogP contribution < -0.4 is 10.1 Å². The maximum Gasteiger partial charge on any atom is 0.222 e. The Hall–Kier alpha value is -0.780. The van der Waals surface area contributed by atoms with Gasteiger partial charge in [-0.15, -0.1) is 12.4 Å². The summed E-state index contributed by atoms with van der Waals surface area (Å²) in [6, 6.07) is 7.77. The molecule has 0 aliphatic carbocycles. The topological polar surface area (TPSA) is 41.6 Å². The summed E-state index contributed by atoms with van der Waals surface area (Å²) in [4.78, 5) is 14.3. The van der Waals surface area contributed by atoms with E-state index in [9.17, 15) is 4.79 Å². The number of nitrogens with one attached hydrogen (secondary N) is 1. The van der Waals surface area contributed by atoms with Crippen LogP contribution in [0, 0.1) is 5.92 Å². The van der Waals surface area contributed by atoms with Crippen LogP contribution in [-0.4, -0.2) is 43.6 Å². The zero-order chi connectivity index (χ0) is 16.5. The molecule has 0 aromatic heterocycles. The van der Waals surface area contributed by atoms with E-state index in [1.165, 1.54) is 12.8 Å². The molecule has 1 aromatic carbocycles. The number of halogens is 2. The number of ether oxygens (including phenoxy) is 1. The van der Waals surface area contributed by atoms with Gasteiger partial charge >= 0.3 is 0 Å². The standard InChI is InChI=1S/C18H27BrN2O2.ClH/c1-2-21(13-14-23-17-6-4-16(19)5-7-17)18(22)8-3-15-9-11-20-12-10-15;/h4-7,15,20H,2-3,8-14H2,1H3;1H. The molecule has 1 saturated heterocycles. The number of piperidine rings is 1. The molecule has 1 aliphatic rings. The number of nitrogens with zero attached hydrogens (tertiary/aromatic N) is 1. The highest BCUT2D eigenvalue weighted by Gasteiger charge is 2.17. The average molecular weight is 420 g/mol.